The fraction of sp³-hybridized carbons (Fsp3) is 0.458. The molecule has 2 saturated heterocycles. The molecule has 10 heteroatoms. The van der Waals surface area contributed by atoms with Crippen LogP contribution in [0.1, 0.15) is 54.5 Å². The molecule has 0 aromatic heterocycles. The molecule has 4 nitrogen and oxygen atoms in total. The molecular weight excluding hydrogens is 462 g/mol. The van der Waals surface area contributed by atoms with Gasteiger partial charge in [-0.15, -0.1) is 0 Å². The zero-order valence-electron chi connectivity index (χ0n) is 18.3. The predicted molar refractivity (Wildman–Crippen MR) is 112 cm³/mol. The van der Waals surface area contributed by atoms with Crippen molar-refractivity contribution in [3.05, 3.63) is 70.8 Å². The van der Waals surface area contributed by atoms with Crippen LogP contribution in [0.15, 0.2) is 48.5 Å². The first-order valence-electron chi connectivity index (χ1n) is 10.8. The van der Waals surface area contributed by atoms with Crippen molar-refractivity contribution in [3.63, 3.8) is 0 Å². The molecule has 34 heavy (non-hydrogen) atoms. The molecule has 3 atom stereocenters. The summed E-state index contributed by atoms with van der Waals surface area (Å²) in [5.41, 5.74) is -3.08. The molecular formula is C24H24F6N2O2. The number of rotatable bonds is 5. The van der Waals surface area contributed by atoms with Crippen molar-refractivity contribution in [2.75, 3.05) is 13.2 Å². The van der Waals surface area contributed by atoms with Gasteiger partial charge in [-0.25, -0.2) is 0 Å². The second-order valence-electron chi connectivity index (χ2n) is 9.10. The van der Waals surface area contributed by atoms with Crippen molar-refractivity contribution < 1.29 is 35.9 Å². The second-order valence-corrected chi connectivity index (χ2v) is 9.10. The first kappa shape index (κ1) is 24.5. The van der Waals surface area contributed by atoms with Gasteiger partial charge in [0.05, 0.1) is 41.3 Å². The molecule has 1 spiro atoms. The summed E-state index contributed by atoms with van der Waals surface area (Å²) in [6.07, 6.45) is -9.22. The van der Waals surface area contributed by atoms with Crippen LogP contribution in [0.3, 0.4) is 0 Å². The van der Waals surface area contributed by atoms with E-state index in [9.17, 15) is 31.1 Å². The lowest BCUT2D eigenvalue weighted by molar-refractivity contribution is -0.143. The normalized spacial score (nSPS) is 26.1. The third-order valence-corrected chi connectivity index (χ3v) is 6.68. The number of nitrogens with one attached hydrogen (secondary N) is 2. The van der Waals surface area contributed by atoms with Crippen molar-refractivity contribution in [3.8, 4) is 0 Å². The standard InChI is InChI=1S/C24H24F6N2O2/c1-15(16-9-18(23(25,26)27)11-19(10-16)24(28,29)30)34-14-22(17-5-3-2-4-6-17)8-7-21(13-31-22)12-20(33)32-21/h2-6,9-11,15,31H,7-8,12-14H2,1H3,(H,32,33)/t15-,21?,22-/m1/s1. The van der Waals surface area contributed by atoms with E-state index >= 15 is 0 Å². The highest BCUT2D eigenvalue weighted by atomic mass is 19.4. The summed E-state index contributed by atoms with van der Waals surface area (Å²) in [6, 6.07) is 10.8. The zero-order chi connectivity index (χ0) is 24.8. The third-order valence-electron chi connectivity index (χ3n) is 6.68. The Labute approximate surface area is 192 Å². The molecule has 2 aromatic carbocycles. The van der Waals surface area contributed by atoms with Crippen LogP contribution in [-0.2, 0) is 27.4 Å². The highest BCUT2D eigenvalue weighted by Gasteiger charge is 2.50. The van der Waals surface area contributed by atoms with E-state index in [0.717, 1.165) is 5.56 Å². The quantitative estimate of drug-likeness (QED) is 0.443. The molecule has 2 N–H and O–H groups in total. The van der Waals surface area contributed by atoms with E-state index in [1.54, 1.807) is 0 Å². The molecule has 4 rings (SSSR count). The van der Waals surface area contributed by atoms with Gasteiger partial charge in [0, 0.05) is 6.54 Å². The number of benzene rings is 2. The van der Waals surface area contributed by atoms with Crippen molar-refractivity contribution in [1.82, 2.24) is 10.6 Å². The van der Waals surface area contributed by atoms with Crippen LogP contribution in [0.25, 0.3) is 0 Å². The number of carbonyl (C=O) groups is 1. The fourth-order valence-electron chi connectivity index (χ4n) is 4.60. The zero-order valence-corrected chi connectivity index (χ0v) is 18.3. The molecule has 1 amide bonds. The monoisotopic (exact) mass is 486 g/mol. The van der Waals surface area contributed by atoms with Crippen LogP contribution in [0.2, 0.25) is 0 Å². The van der Waals surface area contributed by atoms with E-state index in [1.165, 1.54) is 6.92 Å². The van der Waals surface area contributed by atoms with Gasteiger partial charge in [-0.3, -0.25) is 4.79 Å². The van der Waals surface area contributed by atoms with E-state index in [4.69, 9.17) is 4.74 Å². The van der Waals surface area contributed by atoms with E-state index < -0.39 is 35.1 Å². The molecule has 2 aromatic rings. The van der Waals surface area contributed by atoms with Crippen LogP contribution in [0.5, 0.6) is 0 Å². The van der Waals surface area contributed by atoms with Gasteiger partial charge in [0.2, 0.25) is 5.91 Å². The Kier molecular flexibility index (Phi) is 6.18. The molecule has 184 valence electrons. The van der Waals surface area contributed by atoms with Crippen molar-refractivity contribution in [2.45, 2.75) is 55.7 Å². The lowest BCUT2D eigenvalue weighted by Gasteiger charge is -2.51. The minimum absolute atomic E-state index is 0.0242. The lowest BCUT2D eigenvalue weighted by atomic mass is 9.72. The second kappa shape index (κ2) is 8.57. The maximum absolute atomic E-state index is 13.2. The van der Waals surface area contributed by atoms with Gasteiger partial charge >= 0.3 is 12.4 Å². The summed E-state index contributed by atoms with van der Waals surface area (Å²) in [7, 11) is 0. The van der Waals surface area contributed by atoms with E-state index in [0.29, 0.717) is 37.9 Å². The lowest BCUT2D eigenvalue weighted by Crippen LogP contribution is -2.71. The topological polar surface area (TPSA) is 50.4 Å². The average molecular weight is 486 g/mol. The number of β-lactam (4-membered cyclic amide) rings is 1. The Morgan fingerprint density at radius 3 is 2.03 bits per heavy atom. The Bertz CT molecular complexity index is 1000. The smallest absolute Gasteiger partial charge is 0.372 e. The highest BCUT2D eigenvalue weighted by molar-refractivity contribution is 5.85. The number of hydrogen-bond donors (Lipinski definition) is 2. The van der Waals surface area contributed by atoms with Crippen LogP contribution >= 0.6 is 0 Å². The Morgan fingerprint density at radius 1 is 0.971 bits per heavy atom. The number of piperidine rings is 1. The number of amides is 1. The van der Waals surface area contributed by atoms with E-state index in [2.05, 4.69) is 10.6 Å². The molecule has 2 heterocycles. The van der Waals surface area contributed by atoms with Crippen LogP contribution in [-0.4, -0.2) is 24.6 Å². The Hall–Kier alpha value is -2.59. The molecule has 0 radical (unpaired) electrons. The van der Waals surface area contributed by atoms with Gasteiger partial charge in [0.1, 0.15) is 0 Å². The summed E-state index contributed by atoms with van der Waals surface area (Å²) in [5, 5.41) is 6.36. The molecule has 0 saturated carbocycles. The van der Waals surface area contributed by atoms with Crippen LogP contribution < -0.4 is 10.6 Å². The van der Waals surface area contributed by atoms with Gasteiger partial charge in [0.15, 0.2) is 0 Å². The minimum atomic E-state index is -4.92. The van der Waals surface area contributed by atoms with E-state index in [-0.39, 0.29) is 29.7 Å². The summed E-state index contributed by atoms with van der Waals surface area (Å²) in [6.45, 7) is 1.94. The summed E-state index contributed by atoms with van der Waals surface area (Å²) < 4.78 is 85.4. The van der Waals surface area contributed by atoms with Gasteiger partial charge in [-0.1, -0.05) is 30.3 Å². The number of alkyl halides is 6. The molecule has 2 aliphatic heterocycles. The fourth-order valence-corrected chi connectivity index (χ4v) is 4.60. The highest BCUT2D eigenvalue weighted by Crippen LogP contribution is 2.41. The molecule has 2 aliphatic rings. The largest absolute Gasteiger partial charge is 0.416 e. The number of hydrogen-bond acceptors (Lipinski definition) is 3. The first-order valence-corrected chi connectivity index (χ1v) is 10.8. The SMILES string of the molecule is C[C@@H](OC[C@@]1(c2ccccc2)CCC2(CN1)CC(=O)N2)c1cc(C(F)(F)F)cc(C(F)(F)F)c1. The van der Waals surface area contributed by atoms with E-state index in [1.807, 2.05) is 30.3 Å². The summed E-state index contributed by atoms with van der Waals surface area (Å²) in [4.78, 5) is 11.4. The Morgan fingerprint density at radius 2 is 1.56 bits per heavy atom. The summed E-state index contributed by atoms with van der Waals surface area (Å²) >= 11 is 0. The molecule has 0 bridgehead atoms. The number of halogens is 6. The van der Waals surface area contributed by atoms with Gasteiger partial charge in [0.25, 0.3) is 0 Å². The maximum atomic E-state index is 13.2. The average Bonchev–Trinajstić information content (AvgIpc) is 2.77. The third kappa shape index (κ3) is 4.93. The van der Waals surface area contributed by atoms with Gasteiger partial charge in [-0.2, -0.15) is 26.3 Å². The predicted octanol–water partition coefficient (Wildman–Crippen LogP) is 5.34. The molecule has 2 fully saturated rings. The van der Waals surface area contributed by atoms with Crippen molar-refractivity contribution in [1.29, 1.82) is 0 Å². The number of ether oxygens (including phenoxy) is 1. The minimum Gasteiger partial charge on any atom is -0.372 e. The molecule has 0 aliphatic carbocycles. The van der Waals surface area contributed by atoms with Crippen molar-refractivity contribution >= 4 is 5.91 Å². The first-order chi connectivity index (χ1) is 15.8. The summed E-state index contributed by atoms with van der Waals surface area (Å²) in [5.74, 6) is -0.0242. The molecule has 1 unspecified atom stereocenters. The Balaban J connectivity index is 1.57. The van der Waals surface area contributed by atoms with Gasteiger partial charge in [-0.05, 0) is 49.1 Å². The number of carbonyl (C=O) groups excluding carboxylic acids is 1. The van der Waals surface area contributed by atoms with Crippen molar-refractivity contribution in [2.24, 2.45) is 0 Å². The maximum Gasteiger partial charge on any atom is 0.416 e. The van der Waals surface area contributed by atoms with Crippen LogP contribution in [0.4, 0.5) is 26.3 Å². The van der Waals surface area contributed by atoms with Gasteiger partial charge < -0.3 is 15.4 Å². The van der Waals surface area contributed by atoms with Crippen LogP contribution in [0, 0.1) is 0 Å².